The lowest BCUT2D eigenvalue weighted by molar-refractivity contribution is -0.137. The monoisotopic (exact) mass is 280 g/mol. The molecule has 0 aliphatic carbocycles. The number of hydrogen-bond acceptors (Lipinski definition) is 4. The second kappa shape index (κ2) is 8.14. The maximum Gasteiger partial charge on any atom is 0.303 e. The number of carboxylic acids is 1. The molecule has 20 heavy (non-hydrogen) atoms. The molecule has 0 aliphatic rings. The molecule has 0 saturated carbocycles. The number of nitrogens with one attached hydrogen (secondary N) is 1. The summed E-state index contributed by atoms with van der Waals surface area (Å²) in [6.45, 7) is 2.47. The Balaban J connectivity index is 2.38. The fourth-order valence-electron chi connectivity index (χ4n) is 1.77. The number of amides is 1. The molecule has 110 valence electrons. The van der Waals surface area contributed by atoms with Gasteiger partial charge >= 0.3 is 5.97 Å². The number of pyridine rings is 1. The number of aromatic nitrogens is 1. The van der Waals surface area contributed by atoms with Gasteiger partial charge < -0.3 is 15.2 Å². The van der Waals surface area contributed by atoms with Crippen molar-refractivity contribution in [1.82, 2.24) is 10.3 Å². The molecule has 0 bridgehead atoms. The van der Waals surface area contributed by atoms with Gasteiger partial charge in [-0.15, -0.1) is 0 Å². The van der Waals surface area contributed by atoms with Gasteiger partial charge in [0.25, 0.3) is 5.91 Å². The third-order valence-corrected chi connectivity index (χ3v) is 2.98. The highest BCUT2D eigenvalue weighted by atomic mass is 16.5. The Kier molecular flexibility index (Phi) is 6.49. The van der Waals surface area contributed by atoms with Gasteiger partial charge in [0.1, 0.15) is 5.56 Å². The predicted molar refractivity (Wildman–Crippen MR) is 73.8 cm³/mol. The van der Waals surface area contributed by atoms with Gasteiger partial charge in [-0.25, -0.2) is 4.98 Å². The highest BCUT2D eigenvalue weighted by molar-refractivity contribution is 5.96. The molecule has 6 nitrogen and oxygen atoms in total. The predicted octanol–water partition coefficient (Wildman–Crippen LogP) is 1.71. The molecule has 1 heterocycles. The Morgan fingerprint density at radius 3 is 2.85 bits per heavy atom. The van der Waals surface area contributed by atoms with E-state index in [0.717, 1.165) is 6.42 Å². The van der Waals surface area contributed by atoms with Crippen LogP contribution < -0.4 is 10.1 Å². The van der Waals surface area contributed by atoms with Crippen LogP contribution in [-0.4, -0.2) is 35.6 Å². The number of ether oxygens (including phenoxy) is 1. The smallest absolute Gasteiger partial charge is 0.303 e. The summed E-state index contributed by atoms with van der Waals surface area (Å²) in [5.74, 6) is -0.479. The second-order valence-corrected chi connectivity index (χ2v) is 4.64. The van der Waals surface area contributed by atoms with Crippen molar-refractivity contribution in [2.45, 2.75) is 26.2 Å². The van der Waals surface area contributed by atoms with Crippen molar-refractivity contribution < 1.29 is 19.4 Å². The third-order valence-electron chi connectivity index (χ3n) is 2.98. The van der Waals surface area contributed by atoms with Gasteiger partial charge in [0, 0.05) is 19.2 Å². The van der Waals surface area contributed by atoms with E-state index in [9.17, 15) is 9.59 Å². The normalized spacial score (nSPS) is 11.7. The van der Waals surface area contributed by atoms with E-state index in [2.05, 4.69) is 10.3 Å². The second-order valence-electron chi connectivity index (χ2n) is 4.64. The zero-order chi connectivity index (χ0) is 15.0. The Hall–Kier alpha value is -2.11. The zero-order valence-electron chi connectivity index (χ0n) is 11.8. The minimum absolute atomic E-state index is 0.158. The third kappa shape index (κ3) is 5.26. The van der Waals surface area contributed by atoms with Gasteiger partial charge in [0.2, 0.25) is 5.88 Å². The van der Waals surface area contributed by atoms with Crippen molar-refractivity contribution >= 4 is 11.9 Å². The molecule has 6 heteroatoms. The molecule has 0 radical (unpaired) electrons. The SMILES string of the molecule is COc1ncccc1C(=O)NCCC(C)CCC(=O)O. The first-order valence-electron chi connectivity index (χ1n) is 6.53. The summed E-state index contributed by atoms with van der Waals surface area (Å²) in [4.78, 5) is 26.4. The number of nitrogens with zero attached hydrogens (tertiary/aromatic N) is 1. The van der Waals surface area contributed by atoms with Gasteiger partial charge in [0.15, 0.2) is 0 Å². The topological polar surface area (TPSA) is 88.5 Å². The first-order valence-corrected chi connectivity index (χ1v) is 6.53. The molecule has 1 amide bonds. The van der Waals surface area contributed by atoms with Crippen molar-refractivity contribution in [2.24, 2.45) is 5.92 Å². The van der Waals surface area contributed by atoms with E-state index in [1.807, 2.05) is 6.92 Å². The molecule has 1 unspecified atom stereocenters. The molecule has 1 rings (SSSR count). The van der Waals surface area contributed by atoms with Crippen LogP contribution in [0.4, 0.5) is 0 Å². The Morgan fingerprint density at radius 1 is 1.45 bits per heavy atom. The molecule has 0 aromatic carbocycles. The van der Waals surface area contributed by atoms with Crippen molar-refractivity contribution in [2.75, 3.05) is 13.7 Å². The number of rotatable bonds is 8. The van der Waals surface area contributed by atoms with Gasteiger partial charge in [-0.3, -0.25) is 9.59 Å². The van der Waals surface area contributed by atoms with Gasteiger partial charge in [-0.05, 0) is 30.9 Å². The molecule has 1 aromatic rings. The van der Waals surface area contributed by atoms with Crippen LogP contribution in [0.2, 0.25) is 0 Å². The Bertz CT molecular complexity index is 462. The van der Waals surface area contributed by atoms with Crippen LogP contribution in [0.25, 0.3) is 0 Å². The zero-order valence-corrected chi connectivity index (χ0v) is 11.8. The van der Waals surface area contributed by atoms with Crippen molar-refractivity contribution in [3.8, 4) is 5.88 Å². The number of carbonyl (C=O) groups excluding carboxylic acids is 1. The molecule has 2 N–H and O–H groups in total. The van der Waals surface area contributed by atoms with E-state index in [-0.39, 0.29) is 18.2 Å². The summed E-state index contributed by atoms with van der Waals surface area (Å²) in [5, 5.41) is 11.4. The molecule has 1 aromatic heterocycles. The quantitative estimate of drug-likeness (QED) is 0.756. The van der Waals surface area contributed by atoms with Crippen LogP contribution in [0, 0.1) is 5.92 Å². The number of carboxylic acid groups (broad SMARTS) is 1. The average Bonchev–Trinajstić information content (AvgIpc) is 2.44. The van der Waals surface area contributed by atoms with Gasteiger partial charge in [0.05, 0.1) is 7.11 Å². The Labute approximate surface area is 118 Å². The van der Waals surface area contributed by atoms with Crippen molar-refractivity contribution in [3.05, 3.63) is 23.9 Å². The summed E-state index contributed by atoms with van der Waals surface area (Å²) in [5.41, 5.74) is 0.396. The highest BCUT2D eigenvalue weighted by Crippen LogP contribution is 2.13. The summed E-state index contributed by atoms with van der Waals surface area (Å²) >= 11 is 0. The molecular formula is C14H20N2O4. The molecule has 0 saturated heterocycles. The van der Waals surface area contributed by atoms with E-state index in [0.29, 0.717) is 24.4 Å². The van der Waals surface area contributed by atoms with E-state index < -0.39 is 5.97 Å². The number of methoxy groups -OCH3 is 1. The summed E-state index contributed by atoms with van der Waals surface area (Å²) in [6.07, 6.45) is 3.07. The van der Waals surface area contributed by atoms with Crippen LogP contribution in [0.5, 0.6) is 5.88 Å². The molecule has 1 atom stereocenters. The number of hydrogen-bond donors (Lipinski definition) is 2. The van der Waals surface area contributed by atoms with Crippen molar-refractivity contribution in [1.29, 1.82) is 0 Å². The first-order chi connectivity index (χ1) is 9.54. The highest BCUT2D eigenvalue weighted by Gasteiger charge is 2.12. The number of aliphatic carboxylic acids is 1. The maximum atomic E-state index is 11.9. The number of carbonyl (C=O) groups is 2. The molecule has 0 spiro atoms. The minimum atomic E-state index is -0.791. The van der Waals surface area contributed by atoms with Crippen molar-refractivity contribution in [3.63, 3.8) is 0 Å². The van der Waals surface area contributed by atoms with E-state index in [1.165, 1.54) is 7.11 Å². The Morgan fingerprint density at radius 2 is 2.20 bits per heavy atom. The lowest BCUT2D eigenvalue weighted by atomic mass is 10.0. The largest absolute Gasteiger partial charge is 0.481 e. The summed E-state index contributed by atoms with van der Waals surface area (Å²) in [7, 11) is 1.47. The van der Waals surface area contributed by atoms with Crippen LogP contribution >= 0.6 is 0 Å². The van der Waals surface area contributed by atoms with E-state index in [4.69, 9.17) is 9.84 Å². The van der Waals surface area contributed by atoms with Gasteiger partial charge in [-0.2, -0.15) is 0 Å². The van der Waals surface area contributed by atoms with E-state index >= 15 is 0 Å². The lowest BCUT2D eigenvalue weighted by Crippen LogP contribution is -2.26. The van der Waals surface area contributed by atoms with Crippen LogP contribution in [0.3, 0.4) is 0 Å². The van der Waals surface area contributed by atoms with Gasteiger partial charge in [-0.1, -0.05) is 6.92 Å². The summed E-state index contributed by atoms with van der Waals surface area (Å²) < 4.78 is 5.02. The van der Waals surface area contributed by atoms with E-state index in [1.54, 1.807) is 18.3 Å². The molecular weight excluding hydrogens is 260 g/mol. The van der Waals surface area contributed by atoms with Crippen LogP contribution in [0.1, 0.15) is 36.5 Å². The minimum Gasteiger partial charge on any atom is -0.481 e. The first kappa shape index (κ1) is 15.9. The average molecular weight is 280 g/mol. The molecule has 0 aliphatic heterocycles. The van der Waals surface area contributed by atoms with Crippen LogP contribution in [0.15, 0.2) is 18.3 Å². The maximum absolute atomic E-state index is 11.9. The summed E-state index contributed by atoms with van der Waals surface area (Å²) in [6, 6.07) is 3.32. The lowest BCUT2D eigenvalue weighted by Gasteiger charge is -2.11. The fraction of sp³-hybridized carbons (Fsp3) is 0.500. The molecule has 0 fully saturated rings. The van der Waals surface area contributed by atoms with Crippen LogP contribution in [-0.2, 0) is 4.79 Å². The fourth-order valence-corrected chi connectivity index (χ4v) is 1.77. The standard InChI is InChI=1S/C14H20N2O4/c1-10(5-6-12(17)18)7-9-15-13(19)11-4-3-8-16-14(11)20-2/h3-4,8,10H,5-7,9H2,1-2H3,(H,15,19)(H,17,18).